The summed E-state index contributed by atoms with van der Waals surface area (Å²) in [6.45, 7) is 2.93. The molecule has 0 unspecified atom stereocenters. The number of rotatable bonds is 3. The van der Waals surface area contributed by atoms with E-state index in [1.807, 2.05) is 6.92 Å². The van der Waals surface area contributed by atoms with E-state index in [4.69, 9.17) is 5.53 Å². The smallest absolute Gasteiger partial charge is 0.226 e. The zero-order valence-electron chi connectivity index (χ0n) is 7.08. The van der Waals surface area contributed by atoms with Crippen LogP contribution in [0.5, 0.6) is 0 Å². The van der Waals surface area contributed by atoms with E-state index in [0.717, 1.165) is 12.8 Å². The molecule has 0 saturated carbocycles. The normalized spacial score (nSPS) is 27.9. The van der Waals surface area contributed by atoms with Crippen LogP contribution >= 0.6 is 0 Å². The average molecular weight is 168 g/mol. The van der Waals surface area contributed by atoms with Gasteiger partial charge in [-0.05, 0) is 18.4 Å². The van der Waals surface area contributed by atoms with E-state index in [1.165, 1.54) is 0 Å². The highest BCUT2D eigenvalue weighted by Gasteiger charge is 2.39. The van der Waals surface area contributed by atoms with Gasteiger partial charge in [-0.2, -0.15) is 0 Å². The van der Waals surface area contributed by atoms with Crippen LogP contribution in [-0.4, -0.2) is 19.0 Å². The predicted octanol–water partition coefficient (Wildman–Crippen LogP) is 1.21. The molecule has 1 saturated heterocycles. The molecule has 66 valence electrons. The zero-order valence-corrected chi connectivity index (χ0v) is 7.08. The molecule has 1 amide bonds. The Morgan fingerprint density at radius 3 is 3.00 bits per heavy atom. The highest BCUT2D eigenvalue weighted by Crippen LogP contribution is 2.30. The standard InChI is InChI=1S/C7H12N4O/c1-2-7(5-10-11-8)3-4-9-6(7)12/h2-5H2,1H3,(H,9,12)/t7-/m0/s1. The quantitative estimate of drug-likeness (QED) is 0.383. The average Bonchev–Trinajstić information content (AvgIpc) is 2.45. The van der Waals surface area contributed by atoms with Crippen LogP contribution < -0.4 is 5.32 Å². The first-order valence-electron chi connectivity index (χ1n) is 4.04. The number of hydrogen-bond acceptors (Lipinski definition) is 2. The van der Waals surface area contributed by atoms with Crippen molar-refractivity contribution < 1.29 is 4.79 Å². The molecule has 0 aliphatic carbocycles. The molecule has 0 bridgehead atoms. The molecule has 1 N–H and O–H groups in total. The van der Waals surface area contributed by atoms with Crippen LogP contribution in [0, 0.1) is 5.41 Å². The van der Waals surface area contributed by atoms with Crippen LogP contribution in [0.25, 0.3) is 10.4 Å². The maximum atomic E-state index is 11.3. The van der Waals surface area contributed by atoms with Crippen molar-refractivity contribution in [2.75, 3.05) is 13.1 Å². The van der Waals surface area contributed by atoms with Gasteiger partial charge in [0.05, 0.1) is 5.41 Å². The second-order valence-electron chi connectivity index (χ2n) is 3.03. The molecular weight excluding hydrogens is 156 g/mol. The van der Waals surface area contributed by atoms with E-state index in [9.17, 15) is 4.79 Å². The molecule has 12 heavy (non-hydrogen) atoms. The summed E-state index contributed by atoms with van der Waals surface area (Å²) >= 11 is 0. The van der Waals surface area contributed by atoms with Crippen molar-refractivity contribution in [3.63, 3.8) is 0 Å². The molecule has 5 heteroatoms. The number of carbonyl (C=O) groups excluding carboxylic acids is 1. The number of carbonyl (C=O) groups is 1. The maximum absolute atomic E-state index is 11.3. The molecule has 1 aliphatic rings. The number of nitrogens with one attached hydrogen (secondary N) is 1. The first-order chi connectivity index (χ1) is 5.75. The van der Waals surface area contributed by atoms with E-state index >= 15 is 0 Å². The fourth-order valence-electron chi connectivity index (χ4n) is 1.48. The van der Waals surface area contributed by atoms with Gasteiger partial charge < -0.3 is 5.32 Å². The first-order valence-corrected chi connectivity index (χ1v) is 4.04. The second kappa shape index (κ2) is 3.45. The zero-order chi connectivity index (χ0) is 9.03. The minimum Gasteiger partial charge on any atom is -0.356 e. The Morgan fingerprint density at radius 1 is 1.83 bits per heavy atom. The summed E-state index contributed by atoms with van der Waals surface area (Å²) in [5.41, 5.74) is 7.73. The highest BCUT2D eigenvalue weighted by molar-refractivity contribution is 5.84. The summed E-state index contributed by atoms with van der Waals surface area (Å²) in [5, 5.41) is 6.21. The summed E-state index contributed by atoms with van der Waals surface area (Å²) in [4.78, 5) is 14.0. The van der Waals surface area contributed by atoms with Gasteiger partial charge in [-0.1, -0.05) is 12.0 Å². The first kappa shape index (κ1) is 8.87. The van der Waals surface area contributed by atoms with E-state index in [1.54, 1.807) is 0 Å². The Morgan fingerprint density at radius 2 is 2.58 bits per heavy atom. The van der Waals surface area contributed by atoms with Crippen LogP contribution in [0.4, 0.5) is 0 Å². The Balaban J connectivity index is 2.73. The van der Waals surface area contributed by atoms with E-state index in [2.05, 4.69) is 15.3 Å². The second-order valence-corrected chi connectivity index (χ2v) is 3.03. The van der Waals surface area contributed by atoms with Crippen molar-refractivity contribution >= 4 is 5.91 Å². The van der Waals surface area contributed by atoms with Gasteiger partial charge in [0.1, 0.15) is 0 Å². The molecule has 1 fully saturated rings. The predicted molar refractivity (Wildman–Crippen MR) is 44.4 cm³/mol. The van der Waals surface area contributed by atoms with Crippen molar-refractivity contribution in [1.29, 1.82) is 0 Å². The van der Waals surface area contributed by atoms with E-state index < -0.39 is 5.41 Å². The minimum absolute atomic E-state index is 0.0254. The Kier molecular flexibility index (Phi) is 2.55. The van der Waals surface area contributed by atoms with Crippen molar-refractivity contribution in [2.24, 2.45) is 10.5 Å². The molecule has 5 nitrogen and oxygen atoms in total. The summed E-state index contributed by atoms with van der Waals surface area (Å²) in [6.07, 6.45) is 1.51. The van der Waals surface area contributed by atoms with Crippen molar-refractivity contribution in [3.8, 4) is 0 Å². The summed E-state index contributed by atoms with van der Waals surface area (Å²) in [5.74, 6) is 0.0254. The molecule has 1 rings (SSSR count). The molecule has 0 aromatic rings. The van der Waals surface area contributed by atoms with E-state index in [-0.39, 0.29) is 12.5 Å². The van der Waals surface area contributed by atoms with Gasteiger partial charge in [0.2, 0.25) is 5.91 Å². The van der Waals surface area contributed by atoms with Gasteiger partial charge in [-0.15, -0.1) is 0 Å². The van der Waals surface area contributed by atoms with Crippen molar-refractivity contribution in [2.45, 2.75) is 19.8 Å². The lowest BCUT2D eigenvalue weighted by Gasteiger charge is -2.20. The maximum Gasteiger partial charge on any atom is 0.226 e. The molecule has 0 aromatic carbocycles. The Labute approximate surface area is 70.8 Å². The fraction of sp³-hybridized carbons (Fsp3) is 0.857. The van der Waals surface area contributed by atoms with E-state index in [0.29, 0.717) is 6.54 Å². The Bertz CT molecular complexity index is 234. The number of hydrogen-bond donors (Lipinski definition) is 1. The van der Waals surface area contributed by atoms with Crippen LogP contribution in [0.1, 0.15) is 19.8 Å². The van der Waals surface area contributed by atoms with Gasteiger partial charge in [0.15, 0.2) is 0 Å². The SMILES string of the molecule is CC[C@@]1(CN=[N+]=[N-])CCNC1=O. The molecule has 1 heterocycles. The lowest BCUT2D eigenvalue weighted by Crippen LogP contribution is -2.33. The topological polar surface area (TPSA) is 77.9 Å². The third-order valence-corrected chi connectivity index (χ3v) is 2.48. The van der Waals surface area contributed by atoms with Gasteiger partial charge >= 0.3 is 0 Å². The Hall–Kier alpha value is -1.22. The van der Waals surface area contributed by atoms with Crippen LogP contribution in [0.15, 0.2) is 5.11 Å². The lowest BCUT2D eigenvalue weighted by atomic mass is 9.84. The molecular formula is C7H12N4O. The number of amides is 1. The molecule has 0 spiro atoms. The van der Waals surface area contributed by atoms with Crippen LogP contribution in [0.3, 0.4) is 0 Å². The summed E-state index contributed by atoms with van der Waals surface area (Å²) in [6, 6.07) is 0. The summed E-state index contributed by atoms with van der Waals surface area (Å²) < 4.78 is 0. The van der Waals surface area contributed by atoms with Crippen molar-refractivity contribution in [3.05, 3.63) is 10.4 Å². The van der Waals surface area contributed by atoms with Gasteiger partial charge in [-0.25, -0.2) is 0 Å². The number of nitrogens with zero attached hydrogens (tertiary/aromatic N) is 3. The van der Waals surface area contributed by atoms with Crippen LogP contribution in [0.2, 0.25) is 0 Å². The van der Waals surface area contributed by atoms with Gasteiger partial charge in [0, 0.05) is 18.0 Å². The van der Waals surface area contributed by atoms with Crippen LogP contribution in [-0.2, 0) is 4.79 Å². The van der Waals surface area contributed by atoms with Gasteiger partial charge in [0.25, 0.3) is 0 Å². The molecule has 0 radical (unpaired) electrons. The fourth-order valence-corrected chi connectivity index (χ4v) is 1.48. The van der Waals surface area contributed by atoms with Crippen molar-refractivity contribution in [1.82, 2.24) is 5.32 Å². The monoisotopic (exact) mass is 168 g/mol. The largest absolute Gasteiger partial charge is 0.356 e. The molecule has 0 aromatic heterocycles. The third-order valence-electron chi connectivity index (χ3n) is 2.48. The third kappa shape index (κ3) is 1.36. The lowest BCUT2D eigenvalue weighted by molar-refractivity contribution is -0.127. The van der Waals surface area contributed by atoms with Gasteiger partial charge in [-0.3, -0.25) is 4.79 Å². The molecule has 1 atom stereocenters. The summed E-state index contributed by atoms with van der Waals surface area (Å²) in [7, 11) is 0. The number of azide groups is 1. The minimum atomic E-state index is -0.424. The highest BCUT2D eigenvalue weighted by atomic mass is 16.2. The molecule has 1 aliphatic heterocycles.